The fourth-order valence-corrected chi connectivity index (χ4v) is 2.97. The van der Waals surface area contributed by atoms with Crippen molar-refractivity contribution in [3.63, 3.8) is 0 Å². The van der Waals surface area contributed by atoms with Crippen LogP contribution in [-0.4, -0.2) is 36.3 Å². The van der Waals surface area contributed by atoms with Gasteiger partial charge in [0.25, 0.3) is 11.8 Å². The van der Waals surface area contributed by atoms with Crippen LogP contribution in [0, 0.1) is 0 Å². The minimum atomic E-state index is -0.168. The number of amides is 2. The van der Waals surface area contributed by atoms with Gasteiger partial charge in [0.2, 0.25) is 0 Å². The van der Waals surface area contributed by atoms with Crippen LogP contribution < -0.4 is 0 Å². The minimum absolute atomic E-state index is 0.143. The summed E-state index contributed by atoms with van der Waals surface area (Å²) >= 11 is 0. The summed E-state index contributed by atoms with van der Waals surface area (Å²) in [4.78, 5) is 36.7. The van der Waals surface area contributed by atoms with Gasteiger partial charge in [-0.05, 0) is 25.0 Å². The van der Waals surface area contributed by atoms with Crippen LogP contribution in [0.5, 0.6) is 0 Å². The van der Waals surface area contributed by atoms with Gasteiger partial charge in [0.05, 0.1) is 18.2 Å². The van der Waals surface area contributed by atoms with Crippen molar-refractivity contribution >= 4 is 17.8 Å². The lowest BCUT2D eigenvalue weighted by molar-refractivity contribution is -0.140. The number of ether oxygens (including phenoxy) is 1. The first-order chi connectivity index (χ1) is 11.6. The van der Waals surface area contributed by atoms with E-state index in [1.807, 2.05) is 0 Å². The molecule has 0 unspecified atom stereocenters. The number of nitrogens with zero attached hydrogens (tertiary/aromatic N) is 1. The molecule has 2 amide bonds. The first kappa shape index (κ1) is 18.2. The SMILES string of the molecule is COC(=O)CCCCCCCCCN1C(=O)c2ccccc2C1=O. The van der Waals surface area contributed by atoms with Crippen LogP contribution in [0.3, 0.4) is 0 Å². The number of carbonyl (C=O) groups excluding carboxylic acids is 3. The van der Waals surface area contributed by atoms with E-state index in [0.717, 1.165) is 44.9 Å². The Balaban J connectivity index is 1.57. The molecule has 5 nitrogen and oxygen atoms in total. The van der Waals surface area contributed by atoms with Crippen molar-refractivity contribution in [3.8, 4) is 0 Å². The van der Waals surface area contributed by atoms with Crippen molar-refractivity contribution < 1.29 is 19.1 Å². The topological polar surface area (TPSA) is 63.7 Å². The number of benzene rings is 1. The van der Waals surface area contributed by atoms with Gasteiger partial charge >= 0.3 is 5.97 Å². The highest BCUT2D eigenvalue weighted by molar-refractivity contribution is 6.21. The lowest BCUT2D eigenvalue weighted by Crippen LogP contribution is -2.30. The molecule has 0 N–H and O–H groups in total. The maximum absolute atomic E-state index is 12.2. The fraction of sp³-hybridized carbons (Fsp3) is 0.526. The lowest BCUT2D eigenvalue weighted by Gasteiger charge is -2.13. The molecule has 0 atom stereocenters. The number of esters is 1. The number of carbonyl (C=O) groups is 3. The summed E-state index contributed by atoms with van der Waals surface area (Å²) in [6.07, 6.45) is 7.55. The number of unbranched alkanes of at least 4 members (excludes halogenated alkanes) is 6. The molecule has 0 bridgehead atoms. The molecule has 1 heterocycles. The van der Waals surface area contributed by atoms with E-state index in [-0.39, 0.29) is 17.8 Å². The van der Waals surface area contributed by atoms with Crippen LogP contribution in [-0.2, 0) is 9.53 Å². The van der Waals surface area contributed by atoms with Gasteiger partial charge in [-0.3, -0.25) is 19.3 Å². The average molecular weight is 331 g/mol. The molecule has 1 aliphatic heterocycles. The van der Waals surface area contributed by atoms with Gasteiger partial charge in [-0.15, -0.1) is 0 Å². The monoisotopic (exact) mass is 331 g/mol. The van der Waals surface area contributed by atoms with Crippen molar-refractivity contribution in [3.05, 3.63) is 35.4 Å². The average Bonchev–Trinajstić information content (AvgIpc) is 2.85. The van der Waals surface area contributed by atoms with Crippen molar-refractivity contribution in [1.82, 2.24) is 4.90 Å². The Bertz CT molecular complexity index is 562. The van der Waals surface area contributed by atoms with Crippen LogP contribution >= 0.6 is 0 Å². The molecular weight excluding hydrogens is 306 g/mol. The van der Waals surface area contributed by atoms with Gasteiger partial charge in [-0.2, -0.15) is 0 Å². The highest BCUT2D eigenvalue weighted by atomic mass is 16.5. The molecular formula is C19H25NO4. The third kappa shape index (κ3) is 4.66. The molecule has 0 aromatic heterocycles. The zero-order valence-corrected chi connectivity index (χ0v) is 14.3. The molecule has 1 aromatic rings. The summed E-state index contributed by atoms with van der Waals surface area (Å²) in [5.41, 5.74) is 1.04. The van der Waals surface area contributed by atoms with Crippen LogP contribution in [0.1, 0.15) is 72.1 Å². The molecule has 0 saturated heterocycles. The molecule has 0 radical (unpaired) electrons. The zero-order valence-electron chi connectivity index (χ0n) is 14.3. The predicted molar refractivity (Wildman–Crippen MR) is 90.8 cm³/mol. The Kier molecular flexibility index (Phi) is 6.97. The maximum Gasteiger partial charge on any atom is 0.305 e. The van der Waals surface area contributed by atoms with E-state index in [4.69, 9.17) is 0 Å². The smallest absolute Gasteiger partial charge is 0.305 e. The Hall–Kier alpha value is -2.17. The van der Waals surface area contributed by atoms with E-state index in [2.05, 4.69) is 4.74 Å². The highest BCUT2D eigenvalue weighted by Gasteiger charge is 2.34. The summed E-state index contributed by atoms with van der Waals surface area (Å²) in [7, 11) is 1.41. The molecule has 0 fully saturated rings. The van der Waals surface area contributed by atoms with Gasteiger partial charge < -0.3 is 4.74 Å². The molecule has 0 aliphatic carbocycles. The van der Waals surface area contributed by atoms with Gasteiger partial charge in [0.1, 0.15) is 0 Å². The van der Waals surface area contributed by atoms with Gasteiger partial charge in [-0.25, -0.2) is 0 Å². The van der Waals surface area contributed by atoms with Gasteiger partial charge in [-0.1, -0.05) is 44.2 Å². The molecule has 24 heavy (non-hydrogen) atoms. The predicted octanol–water partition coefficient (Wildman–Crippen LogP) is 3.58. The van der Waals surface area contributed by atoms with E-state index < -0.39 is 0 Å². The normalized spacial score (nSPS) is 13.3. The zero-order chi connectivity index (χ0) is 17.4. The van der Waals surface area contributed by atoms with Gasteiger partial charge in [0.15, 0.2) is 0 Å². The highest BCUT2D eigenvalue weighted by Crippen LogP contribution is 2.22. The molecule has 130 valence electrons. The third-order valence-corrected chi connectivity index (χ3v) is 4.37. The standard InChI is InChI=1S/C19H25NO4/c1-24-17(21)13-7-5-3-2-4-6-10-14-20-18(22)15-11-8-9-12-16(15)19(20)23/h8-9,11-12H,2-7,10,13-14H2,1H3. The molecule has 0 saturated carbocycles. The summed E-state index contributed by atoms with van der Waals surface area (Å²) in [5, 5.41) is 0. The Morgan fingerprint density at radius 3 is 1.92 bits per heavy atom. The minimum Gasteiger partial charge on any atom is -0.469 e. The Morgan fingerprint density at radius 1 is 0.875 bits per heavy atom. The summed E-state index contributed by atoms with van der Waals surface area (Å²) < 4.78 is 4.60. The summed E-state index contributed by atoms with van der Waals surface area (Å²) in [6.45, 7) is 0.495. The molecule has 5 heteroatoms. The summed E-state index contributed by atoms with van der Waals surface area (Å²) in [5.74, 6) is -0.479. The van der Waals surface area contributed by atoms with E-state index in [1.165, 1.54) is 12.0 Å². The van der Waals surface area contributed by atoms with Crippen molar-refractivity contribution in [1.29, 1.82) is 0 Å². The first-order valence-electron chi connectivity index (χ1n) is 8.67. The number of hydrogen-bond donors (Lipinski definition) is 0. The molecule has 1 aliphatic rings. The van der Waals surface area contributed by atoms with E-state index >= 15 is 0 Å². The van der Waals surface area contributed by atoms with Crippen molar-refractivity contribution in [2.24, 2.45) is 0 Å². The summed E-state index contributed by atoms with van der Waals surface area (Å²) in [6, 6.07) is 7.00. The van der Waals surface area contributed by atoms with Crippen LogP contribution in [0.4, 0.5) is 0 Å². The molecule has 1 aromatic carbocycles. The Labute approximate surface area is 143 Å². The number of fused-ring (bicyclic) bond motifs is 1. The lowest BCUT2D eigenvalue weighted by atomic mass is 10.1. The number of imide groups is 1. The first-order valence-corrected chi connectivity index (χ1v) is 8.67. The fourth-order valence-electron chi connectivity index (χ4n) is 2.97. The number of methoxy groups -OCH3 is 1. The quantitative estimate of drug-likeness (QED) is 0.373. The largest absolute Gasteiger partial charge is 0.469 e. The second-order valence-corrected chi connectivity index (χ2v) is 6.11. The van der Waals surface area contributed by atoms with Crippen LogP contribution in [0.15, 0.2) is 24.3 Å². The third-order valence-electron chi connectivity index (χ3n) is 4.37. The van der Waals surface area contributed by atoms with E-state index in [0.29, 0.717) is 24.1 Å². The Morgan fingerprint density at radius 2 is 1.38 bits per heavy atom. The van der Waals surface area contributed by atoms with Crippen molar-refractivity contribution in [2.75, 3.05) is 13.7 Å². The second-order valence-electron chi connectivity index (χ2n) is 6.11. The van der Waals surface area contributed by atoms with Crippen molar-refractivity contribution in [2.45, 2.75) is 51.4 Å². The number of rotatable bonds is 10. The molecule has 0 spiro atoms. The second kappa shape index (κ2) is 9.21. The molecule has 2 rings (SSSR count). The maximum atomic E-state index is 12.2. The van der Waals surface area contributed by atoms with Crippen LogP contribution in [0.2, 0.25) is 0 Å². The van der Waals surface area contributed by atoms with Gasteiger partial charge in [0, 0.05) is 13.0 Å². The van der Waals surface area contributed by atoms with E-state index in [1.54, 1.807) is 24.3 Å². The van der Waals surface area contributed by atoms with Crippen LogP contribution in [0.25, 0.3) is 0 Å². The number of hydrogen-bond acceptors (Lipinski definition) is 4. The van der Waals surface area contributed by atoms with E-state index in [9.17, 15) is 14.4 Å².